The molecule has 1 aliphatic heterocycles. The molecule has 0 bridgehead atoms. The summed E-state index contributed by atoms with van der Waals surface area (Å²) >= 11 is 0. The smallest absolute Gasteiger partial charge is 0.317 e. The average Bonchev–Trinajstić information content (AvgIpc) is 2.72. The first-order valence-corrected chi connectivity index (χ1v) is 10.6. The van der Waals surface area contributed by atoms with Crippen LogP contribution in [0.25, 0.3) is 0 Å². The number of nitrogens with one attached hydrogen (secondary N) is 1. The molecule has 3 rings (SSSR count). The third-order valence-corrected chi connectivity index (χ3v) is 4.90. The van der Waals surface area contributed by atoms with Crippen molar-refractivity contribution in [3.05, 3.63) is 53.6 Å². The van der Waals surface area contributed by atoms with Gasteiger partial charge in [0.25, 0.3) is 0 Å². The lowest BCUT2D eigenvalue weighted by atomic mass is 10.1. The summed E-state index contributed by atoms with van der Waals surface area (Å²) in [5.41, 5.74) is 2.24. The van der Waals surface area contributed by atoms with Crippen molar-refractivity contribution >= 4 is 6.03 Å². The third-order valence-electron chi connectivity index (χ3n) is 4.90. The van der Waals surface area contributed by atoms with Crippen molar-refractivity contribution in [1.82, 2.24) is 10.2 Å². The Balaban J connectivity index is 1.44. The summed E-state index contributed by atoms with van der Waals surface area (Å²) in [4.78, 5) is 14.2. The average molecular weight is 413 g/mol. The molecule has 1 aliphatic rings. The molecule has 30 heavy (non-hydrogen) atoms. The molecule has 1 N–H and O–H groups in total. The number of nitrogens with zero attached hydrogens (tertiary/aromatic N) is 1. The van der Waals surface area contributed by atoms with Gasteiger partial charge in [0.15, 0.2) is 11.5 Å². The van der Waals surface area contributed by atoms with E-state index < -0.39 is 0 Å². The number of fused-ring (bicyclic) bond motifs is 1. The molecule has 2 amide bonds. The van der Waals surface area contributed by atoms with Gasteiger partial charge in [0.2, 0.25) is 0 Å². The molecule has 0 radical (unpaired) electrons. The number of rotatable bonds is 8. The van der Waals surface area contributed by atoms with Gasteiger partial charge in [-0.15, -0.1) is 0 Å². The number of aryl methyl sites for hydroxylation is 1. The summed E-state index contributed by atoms with van der Waals surface area (Å²) in [5, 5.41) is 3.08. The summed E-state index contributed by atoms with van der Waals surface area (Å²) in [6, 6.07) is 14.0. The Labute approximate surface area is 179 Å². The molecule has 1 unspecified atom stereocenters. The molecule has 2 aromatic carbocycles. The maximum atomic E-state index is 12.5. The van der Waals surface area contributed by atoms with Crippen molar-refractivity contribution in [1.29, 1.82) is 0 Å². The van der Waals surface area contributed by atoms with Crippen LogP contribution >= 0.6 is 0 Å². The van der Waals surface area contributed by atoms with Gasteiger partial charge in [0.05, 0.1) is 6.10 Å². The Morgan fingerprint density at radius 3 is 2.40 bits per heavy atom. The summed E-state index contributed by atoms with van der Waals surface area (Å²) < 4.78 is 16.8. The van der Waals surface area contributed by atoms with E-state index in [9.17, 15) is 4.79 Å². The first-order chi connectivity index (χ1) is 14.4. The fraction of sp³-hybridized carbons (Fsp3) is 0.458. The van der Waals surface area contributed by atoms with Gasteiger partial charge in [-0.1, -0.05) is 18.2 Å². The van der Waals surface area contributed by atoms with Crippen LogP contribution in [0.15, 0.2) is 42.5 Å². The number of amides is 2. The number of carbonyl (C=O) groups is 1. The van der Waals surface area contributed by atoms with E-state index in [0.717, 1.165) is 35.7 Å². The van der Waals surface area contributed by atoms with Crippen LogP contribution in [0.1, 0.15) is 38.3 Å². The first-order valence-electron chi connectivity index (χ1n) is 10.6. The van der Waals surface area contributed by atoms with E-state index in [-0.39, 0.29) is 18.2 Å². The number of ether oxygens (including phenoxy) is 3. The number of carbonyl (C=O) groups excluding carboxylic acids is 1. The van der Waals surface area contributed by atoms with E-state index in [1.54, 1.807) is 11.9 Å². The van der Waals surface area contributed by atoms with Crippen LogP contribution < -0.4 is 19.5 Å². The van der Waals surface area contributed by atoms with Crippen LogP contribution in [0.4, 0.5) is 4.79 Å². The predicted molar refractivity (Wildman–Crippen MR) is 117 cm³/mol. The lowest BCUT2D eigenvalue weighted by Gasteiger charge is -2.23. The highest BCUT2D eigenvalue weighted by molar-refractivity contribution is 5.74. The highest BCUT2D eigenvalue weighted by Crippen LogP contribution is 2.31. The Morgan fingerprint density at radius 1 is 1.03 bits per heavy atom. The second kappa shape index (κ2) is 10.2. The van der Waals surface area contributed by atoms with Crippen LogP contribution in [0.5, 0.6) is 17.2 Å². The molecular weight excluding hydrogens is 380 g/mol. The van der Waals surface area contributed by atoms with Crippen molar-refractivity contribution in [3.8, 4) is 17.2 Å². The minimum absolute atomic E-state index is 0.0757. The SMILES string of the molecule is CC(CCc1ccc(OC(C)C)cc1)NC(=O)N(C)Cc1ccc2c(c1)OCCO2. The van der Waals surface area contributed by atoms with Crippen molar-refractivity contribution in [2.45, 2.75) is 52.3 Å². The van der Waals surface area contributed by atoms with E-state index >= 15 is 0 Å². The fourth-order valence-corrected chi connectivity index (χ4v) is 3.31. The molecule has 0 saturated carbocycles. The molecule has 1 heterocycles. The highest BCUT2D eigenvalue weighted by Gasteiger charge is 2.15. The van der Waals surface area contributed by atoms with E-state index in [2.05, 4.69) is 17.4 Å². The zero-order valence-electron chi connectivity index (χ0n) is 18.3. The largest absolute Gasteiger partial charge is 0.491 e. The number of hydrogen-bond donors (Lipinski definition) is 1. The van der Waals surface area contributed by atoms with E-state index in [1.165, 1.54) is 5.56 Å². The summed E-state index contributed by atoms with van der Waals surface area (Å²) in [5.74, 6) is 2.39. The molecule has 6 nitrogen and oxygen atoms in total. The minimum atomic E-state index is -0.0851. The number of hydrogen-bond acceptors (Lipinski definition) is 4. The van der Waals surface area contributed by atoms with Crippen molar-refractivity contribution in [2.75, 3.05) is 20.3 Å². The van der Waals surface area contributed by atoms with Crippen LogP contribution in [-0.2, 0) is 13.0 Å². The van der Waals surface area contributed by atoms with Crippen LogP contribution in [-0.4, -0.2) is 43.3 Å². The monoisotopic (exact) mass is 412 g/mol. The zero-order chi connectivity index (χ0) is 21.5. The maximum absolute atomic E-state index is 12.5. The lowest BCUT2D eigenvalue weighted by molar-refractivity contribution is 0.171. The van der Waals surface area contributed by atoms with Gasteiger partial charge < -0.3 is 24.4 Å². The maximum Gasteiger partial charge on any atom is 0.317 e. The van der Waals surface area contributed by atoms with E-state index in [1.807, 2.05) is 51.1 Å². The second-order valence-corrected chi connectivity index (χ2v) is 8.03. The fourth-order valence-electron chi connectivity index (χ4n) is 3.31. The van der Waals surface area contributed by atoms with Gasteiger partial charge >= 0.3 is 6.03 Å². The molecule has 6 heteroatoms. The Bertz CT molecular complexity index is 836. The standard InChI is InChI=1S/C24H32N2O4/c1-17(2)30-21-10-7-19(8-11-21)6-5-18(3)25-24(27)26(4)16-20-9-12-22-23(15-20)29-14-13-28-22/h7-12,15,17-18H,5-6,13-14,16H2,1-4H3,(H,25,27). The van der Waals surface area contributed by atoms with Crippen LogP contribution in [0.3, 0.4) is 0 Å². The van der Waals surface area contributed by atoms with Gasteiger partial charge in [0, 0.05) is 19.6 Å². The molecule has 162 valence electrons. The first kappa shape index (κ1) is 21.8. The second-order valence-electron chi connectivity index (χ2n) is 8.03. The van der Waals surface area contributed by atoms with Crippen molar-refractivity contribution in [3.63, 3.8) is 0 Å². The van der Waals surface area contributed by atoms with E-state index in [0.29, 0.717) is 19.8 Å². The Hall–Kier alpha value is -2.89. The van der Waals surface area contributed by atoms with Crippen molar-refractivity contribution < 1.29 is 19.0 Å². The molecule has 0 saturated heterocycles. The third kappa shape index (κ3) is 6.31. The Morgan fingerprint density at radius 2 is 1.70 bits per heavy atom. The normalized spacial score (nSPS) is 13.6. The van der Waals surface area contributed by atoms with Gasteiger partial charge in [0.1, 0.15) is 19.0 Å². The predicted octanol–water partition coefficient (Wildman–Crippen LogP) is 4.41. The number of urea groups is 1. The van der Waals surface area contributed by atoms with Gasteiger partial charge in [-0.2, -0.15) is 0 Å². The van der Waals surface area contributed by atoms with Gasteiger partial charge in [-0.3, -0.25) is 0 Å². The van der Waals surface area contributed by atoms with Crippen LogP contribution in [0, 0.1) is 0 Å². The zero-order valence-corrected chi connectivity index (χ0v) is 18.3. The molecule has 0 fully saturated rings. The summed E-state index contributed by atoms with van der Waals surface area (Å²) in [6.07, 6.45) is 1.94. The molecule has 1 atom stereocenters. The van der Waals surface area contributed by atoms with Crippen LogP contribution in [0.2, 0.25) is 0 Å². The molecule has 0 spiro atoms. The lowest BCUT2D eigenvalue weighted by Crippen LogP contribution is -2.41. The Kier molecular flexibility index (Phi) is 7.44. The highest BCUT2D eigenvalue weighted by atomic mass is 16.6. The molecular formula is C24H32N2O4. The topological polar surface area (TPSA) is 60.0 Å². The van der Waals surface area contributed by atoms with E-state index in [4.69, 9.17) is 14.2 Å². The molecule has 2 aromatic rings. The van der Waals surface area contributed by atoms with Crippen molar-refractivity contribution in [2.24, 2.45) is 0 Å². The summed E-state index contributed by atoms with van der Waals surface area (Å²) in [7, 11) is 1.80. The minimum Gasteiger partial charge on any atom is -0.491 e. The number of benzene rings is 2. The van der Waals surface area contributed by atoms with Gasteiger partial charge in [-0.05, 0) is 69.0 Å². The molecule has 0 aromatic heterocycles. The molecule has 0 aliphatic carbocycles. The van der Waals surface area contributed by atoms with Gasteiger partial charge in [-0.25, -0.2) is 4.79 Å². The quantitative estimate of drug-likeness (QED) is 0.698. The summed E-state index contributed by atoms with van der Waals surface area (Å²) in [6.45, 7) is 7.70.